The molecule has 0 aliphatic carbocycles. The summed E-state index contributed by atoms with van der Waals surface area (Å²) in [6, 6.07) is 4.89. The highest BCUT2D eigenvalue weighted by atomic mass is 16.7. The number of carbonyl (C=O) groups excluding carboxylic acids is 1. The Morgan fingerprint density at radius 1 is 1.19 bits per heavy atom. The minimum Gasteiger partial charge on any atom is -0.454 e. The molecule has 2 aromatic heterocycles. The number of hydrogen-bond acceptors (Lipinski definition) is 8. The molecule has 4 rings (SSSR count). The maximum atomic E-state index is 12.2. The Labute approximate surface area is 148 Å². The van der Waals surface area contributed by atoms with Crippen molar-refractivity contribution in [2.24, 2.45) is 0 Å². The summed E-state index contributed by atoms with van der Waals surface area (Å²) in [4.78, 5) is 24.7. The van der Waals surface area contributed by atoms with E-state index >= 15 is 0 Å². The molecule has 0 saturated carbocycles. The van der Waals surface area contributed by atoms with Crippen molar-refractivity contribution in [3.8, 4) is 22.9 Å². The molecule has 0 bridgehead atoms. The van der Waals surface area contributed by atoms with Gasteiger partial charge in [-0.3, -0.25) is 9.78 Å². The molecule has 0 saturated heterocycles. The molecule has 0 spiro atoms. The van der Waals surface area contributed by atoms with Crippen LogP contribution in [0.3, 0.4) is 0 Å². The molecule has 1 atom stereocenters. The number of hydrogen-bond donors (Lipinski definition) is 1. The molecule has 0 unspecified atom stereocenters. The number of benzene rings is 1. The fourth-order valence-corrected chi connectivity index (χ4v) is 2.41. The summed E-state index contributed by atoms with van der Waals surface area (Å²) in [5.41, 5.74) is 1.69. The van der Waals surface area contributed by atoms with Crippen LogP contribution in [0.1, 0.15) is 35.0 Å². The summed E-state index contributed by atoms with van der Waals surface area (Å²) < 4.78 is 15.9. The van der Waals surface area contributed by atoms with Gasteiger partial charge in [0.15, 0.2) is 11.5 Å². The van der Waals surface area contributed by atoms with Crippen LogP contribution in [0.5, 0.6) is 11.5 Å². The van der Waals surface area contributed by atoms with Gasteiger partial charge < -0.3 is 19.3 Å². The minimum absolute atomic E-state index is 0.196. The second-order valence-corrected chi connectivity index (χ2v) is 5.76. The summed E-state index contributed by atoms with van der Waals surface area (Å²) in [5.74, 6) is 1.62. The lowest BCUT2D eigenvalue weighted by Gasteiger charge is -2.08. The van der Waals surface area contributed by atoms with Gasteiger partial charge >= 0.3 is 0 Å². The van der Waals surface area contributed by atoms with E-state index in [2.05, 4.69) is 25.4 Å². The van der Waals surface area contributed by atoms with Crippen LogP contribution in [-0.4, -0.2) is 32.8 Å². The van der Waals surface area contributed by atoms with E-state index in [1.165, 1.54) is 12.4 Å². The van der Waals surface area contributed by atoms with E-state index in [0.29, 0.717) is 17.3 Å². The van der Waals surface area contributed by atoms with Crippen molar-refractivity contribution in [1.82, 2.24) is 25.4 Å². The van der Waals surface area contributed by atoms with Crippen molar-refractivity contribution in [2.45, 2.75) is 19.9 Å². The largest absolute Gasteiger partial charge is 0.454 e. The normalized spacial score (nSPS) is 13.5. The van der Waals surface area contributed by atoms with Gasteiger partial charge in [0.05, 0.1) is 11.9 Å². The van der Waals surface area contributed by atoms with Crippen molar-refractivity contribution >= 4 is 5.91 Å². The van der Waals surface area contributed by atoms with Crippen molar-refractivity contribution in [1.29, 1.82) is 0 Å². The number of nitrogens with zero attached hydrogens (tertiary/aromatic N) is 4. The van der Waals surface area contributed by atoms with E-state index in [-0.39, 0.29) is 24.3 Å². The molecule has 1 N–H and O–H groups in total. The predicted octanol–water partition coefficient (Wildman–Crippen LogP) is 2.05. The number of ether oxygens (including phenoxy) is 2. The van der Waals surface area contributed by atoms with Gasteiger partial charge in [0.1, 0.15) is 11.7 Å². The maximum absolute atomic E-state index is 12.2. The van der Waals surface area contributed by atoms with Crippen LogP contribution in [0.4, 0.5) is 0 Å². The average molecular weight is 353 g/mol. The number of rotatable bonds is 4. The van der Waals surface area contributed by atoms with Crippen molar-refractivity contribution in [2.75, 3.05) is 6.79 Å². The predicted molar refractivity (Wildman–Crippen MR) is 88.5 cm³/mol. The second-order valence-electron chi connectivity index (χ2n) is 5.76. The third-order valence-corrected chi connectivity index (χ3v) is 3.80. The number of aryl methyl sites for hydroxylation is 1. The number of nitrogens with one attached hydrogen (secondary N) is 1. The molecule has 26 heavy (non-hydrogen) atoms. The number of aromatic nitrogens is 4. The molecular weight excluding hydrogens is 338 g/mol. The lowest BCUT2D eigenvalue weighted by Crippen LogP contribution is -2.27. The third-order valence-electron chi connectivity index (χ3n) is 3.80. The first-order valence-corrected chi connectivity index (χ1v) is 7.93. The quantitative estimate of drug-likeness (QED) is 0.758. The van der Waals surface area contributed by atoms with Gasteiger partial charge in [-0.2, -0.15) is 4.98 Å². The van der Waals surface area contributed by atoms with Crippen LogP contribution in [0.15, 0.2) is 35.1 Å². The number of fused-ring (bicyclic) bond motifs is 1. The van der Waals surface area contributed by atoms with Crippen molar-refractivity contribution < 1.29 is 18.8 Å². The Morgan fingerprint density at radius 3 is 2.85 bits per heavy atom. The van der Waals surface area contributed by atoms with Gasteiger partial charge in [-0.25, -0.2) is 4.98 Å². The van der Waals surface area contributed by atoms with Crippen LogP contribution < -0.4 is 14.8 Å². The van der Waals surface area contributed by atoms with Crippen molar-refractivity contribution in [3.05, 3.63) is 47.9 Å². The maximum Gasteiger partial charge on any atom is 0.272 e. The molecule has 0 fully saturated rings. The SMILES string of the molecule is Cc1cnc(C(=O)N[C@@H](C)c2nc(-c3ccc4c(c3)OCO4)no2)cn1. The van der Waals surface area contributed by atoms with E-state index in [0.717, 1.165) is 11.3 Å². The Kier molecular flexibility index (Phi) is 3.96. The second kappa shape index (κ2) is 6.43. The van der Waals surface area contributed by atoms with E-state index in [9.17, 15) is 4.79 Å². The highest BCUT2D eigenvalue weighted by Crippen LogP contribution is 2.35. The lowest BCUT2D eigenvalue weighted by atomic mass is 10.2. The molecule has 1 aromatic carbocycles. The van der Waals surface area contributed by atoms with Gasteiger partial charge in [-0.1, -0.05) is 5.16 Å². The van der Waals surface area contributed by atoms with Gasteiger partial charge in [0.2, 0.25) is 18.5 Å². The Morgan fingerprint density at radius 2 is 2.04 bits per heavy atom. The summed E-state index contributed by atoms with van der Waals surface area (Å²) >= 11 is 0. The zero-order chi connectivity index (χ0) is 18.1. The zero-order valence-electron chi connectivity index (χ0n) is 14.1. The lowest BCUT2D eigenvalue weighted by molar-refractivity contribution is 0.0927. The molecule has 1 aliphatic heterocycles. The van der Waals surface area contributed by atoms with Gasteiger partial charge in [-0.05, 0) is 32.0 Å². The average Bonchev–Trinajstić information content (AvgIpc) is 3.31. The van der Waals surface area contributed by atoms with E-state index in [1.807, 2.05) is 6.07 Å². The summed E-state index contributed by atoms with van der Waals surface area (Å²) in [7, 11) is 0. The Bertz CT molecular complexity index is 954. The van der Waals surface area contributed by atoms with Crippen LogP contribution in [0.2, 0.25) is 0 Å². The summed E-state index contributed by atoms with van der Waals surface area (Å²) in [6.45, 7) is 3.74. The fraction of sp³-hybridized carbons (Fsp3) is 0.235. The van der Waals surface area contributed by atoms with Gasteiger partial charge in [-0.15, -0.1) is 0 Å². The van der Waals surface area contributed by atoms with Crippen LogP contribution in [0.25, 0.3) is 11.4 Å². The van der Waals surface area contributed by atoms with Crippen LogP contribution in [-0.2, 0) is 0 Å². The molecule has 9 heteroatoms. The summed E-state index contributed by atoms with van der Waals surface area (Å²) in [6.07, 6.45) is 2.95. The van der Waals surface area contributed by atoms with E-state index < -0.39 is 6.04 Å². The molecule has 132 valence electrons. The number of amides is 1. The van der Waals surface area contributed by atoms with Crippen molar-refractivity contribution in [3.63, 3.8) is 0 Å². The first kappa shape index (κ1) is 16.0. The molecule has 1 aliphatic rings. The van der Waals surface area contributed by atoms with E-state index in [1.54, 1.807) is 26.0 Å². The van der Waals surface area contributed by atoms with E-state index in [4.69, 9.17) is 14.0 Å². The molecule has 3 heterocycles. The topological polar surface area (TPSA) is 112 Å². The Hall–Kier alpha value is -3.49. The smallest absolute Gasteiger partial charge is 0.272 e. The standard InChI is InChI=1S/C17H15N5O4/c1-9-6-19-12(7-18-9)16(23)20-10(2)17-21-15(22-26-17)11-3-4-13-14(5-11)25-8-24-13/h3-7,10H,8H2,1-2H3,(H,20,23)/t10-/m0/s1. The van der Waals surface area contributed by atoms with Crippen LogP contribution in [0, 0.1) is 6.92 Å². The third kappa shape index (κ3) is 3.06. The zero-order valence-corrected chi connectivity index (χ0v) is 14.1. The minimum atomic E-state index is -0.485. The highest BCUT2D eigenvalue weighted by molar-refractivity contribution is 5.92. The number of carbonyl (C=O) groups is 1. The fourth-order valence-electron chi connectivity index (χ4n) is 2.41. The van der Waals surface area contributed by atoms with Gasteiger partial charge in [0, 0.05) is 11.8 Å². The van der Waals surface area contributed by atoms with Gasteiger partial charge in [0.25, 0.3) is 5.91 Å². The molecule has 9 nitrogen and oxygen atoms in total. The van der Waals surface area contributed by atoms with Crippen LogP contribution >= 0.6 is 0 Å². The molecule has 0 radical (unpaired) electrons. The molecule has 3 aromatic rings. The Balaban J connectivity index is 1.48. The molecule has 1 amide bonds. The first-order chi connectivity index (χ1) is 12.6. The summed E-state index contributed by atoms with van der Waals surface area (Å²) in [5, 5.41) is 6.72. The monoisotopic (exact) mass is 353 g/mol. The first-order valence-electron chi connectivity index (χ1n) is 7.93. The highest BCUT2D eigenvalue weighted by Gasteiger charge is 2.20. The molecular formula is C17H15N5O4.